The van der Waals surface area contributed by atoms with E-state index < -0.39 is 10.0 Å². The number of halogens is 1. The lowest BCUT2D eigenvalue weighted by molar-refractivity contribution is -0.118. The standard InChI is InChI=1S/C19H18BrN3O3S/c1-13(24)21-10-9-14-5-7-17(8-6-14)27(25,26)23-16-11-15-3-2-4-18(20)19(15)22-12-16/h2-8,11-12,23H,9-10H2,1H3,(H,21,24). The van der Waals surface area contributed by atoms with Crippen molar-refractivity contribution in [2.45, 2.75) is 18.2 Å². The molecule has 0 spiro atoms. The minimum atomic E-state index is -3.71. The molecule has 0 bridgehead atoms. The predicted molar refractivity (Wildman–Crippen MR) is 109 cm³/mol. The maximum absolute atomic E-state index is 12.6. The zero-order chi connectivity index (χ0) is 19.4. The zero-order valence-electron chi connectivity index (χ0n) is 14.6. The van der Waals surface area contributed by atoms with Gasteiger partial charge in [-0.25, -0.2) is 8.42 Å². The Labute approximate surface area is 166 Å². The van der Waals surface area contributed by atoms with Crippen LogP contribution in [0.3, 0.4) is 0 Å². The lowest BCUT2D eigenvalue weighted by Gasteiger charge is -2.10. The highest BCUT2D eigenvalue weighted by Crippen LogP contribution is 2.25. The van der Waals surface area contributed by atoms with Crippen LogP contribution in [0.15, 0.2) is 64.1 Å². The molecule has 0 radical (unpaired) electrons. The highest BCUT2D eigenvalue weighted by Gasteiger charge is 2.15. The lowest BCUT2D eigenvalue weighted by Crippen LogP contribution is -2.22. The molecule has 1 aromatic heterocycles. The number of fused-ring (bicyclic) bond motifs is 1. The number of amides is 1. The normalized spacial score (nSPS) is 11.3. The summed E-state index contributed by atoms with van der Waals surface area (Å²) in [5.74, 6) is -0.0885. The topological polar surface area (TPSA) is 88.2 Å². The molecule has 0 saturated carbocycles. The minimum absolute atomic E-state index is 0.0885. The molecular weight excluding hydrogens is 430 g/mol. The van der Waals surface area contributed by atoms with Gasteiger partial charge < -0.3 is 5.32 Å². The molecule has 27 heavy (non-hydrogen) atoms. The van der Waals surface area contributed by atoms with E-state index in [1.165, 1.54) is 13.1 Å². The largest absolute Gasteiger partial charge is 0.356 e. The molecule has 0 aliphatic rings. The first kappa shape index (κ1) is 19.3. The molecule has 2 N–H and O–H groups in total. The summed E-state index contributed by atoms with van der Waals surface area (Å²) < 4.78 is 28.6. The maximum atomic E-state index is 12.6. The van der Waals surface area contributed by atoms with Crippen molar-refractivity contribution >= 4 is 48.5 Å². The smallest absolute Gasteiger partial charge is 0.261 e. The van der Waals surface area contributed by atoms with E-state index in [2.05, 4.69) is 31.0 Å². The predicted octanol–water partition coefficient (Wildman–Crippen LogP) is 3.48. The molecule has 3 rings (SSSR count). The van der Waals surface area contributed by atoms with E-state index in [4.69, 9.17) is 0 Å². The van der Waals surface area contributed by atoms with Gasteiger partial charge in [0.15, 0.2) is 0 Å². The van der Waals surface area contributed by atoms with Crippen LogP contribution in [0.25, 0.3) is 10.9 Å². The second kappa shape index (κ2) is 8.06. The average Bonchev–Trinajstić information content (AvgIpc) is 2.62. The summed E-state index contributed by atoms with van der Waals surface area (Å²) in [5, 5.41) is 3.54. The first-order chi connectivity index (χ1) is 12.8. The number of carbonyl (C=O) groups excluding carboxylic acids is 1. The van der Waals surface area contributed by atoms with E-state index >= 15 is 0 Å². The summed E-state index contributed by atoms with van der Waals surface area (Å²) in [6, 6.07) is 13.9. The van der Waals surface area contributed by atoms with E-state index in [9.17, 15) is 13.2 Å². The fourth-order valence-electron chi connectivity index (χ4n) is 2.61. The number of hydrogen-bond donors (Lipinski definition) is 2. The number of benzene rings is 2. The van der Waals surface area contributed by atoms with Gasteiger partial charge in [0.2, 0.25) is 5.91 Å². The summed E-state index contributed by atoms with van der Waals surface area (Å²) >= 11 is 3.43. The van der Waals surface area contributed by atoms with Gasteiger partial charge in [0.05, 0.1) is 22.3 Å². The fraction of sp³-hybridized carbons (Fsp3) is 0.158. The molecule has 0 aliphatic heterocycles. The number of aromatic nitrogens is 1. The summed E-state index contributed by atoms with van der Waals surface area (Å²) in [5.41, 5.74) is 2.11. The van der Waals surface area contributed by atoms with Crippen molar-refractivity contribution in [3.8, 4) is 0 Å². The van der Waals surface area contributed by atoms with Gasteiger partial charge in [-0.05, 0) is 52.2 Å². The van der Waals surface area contributed by atoms with Crippen LogP contribution in [0.5, 0.6) is 0 Å². The second-order valence-corrected chi connectivity index (χ2v) is 8.55. The summed E-state index contributed by atoms with van der Waals surface area (Å²) in [4.78, 5) is 15.4. The number of carbonyl (C=O) groups is 1. The van der Waals surface area contributed by atoms with Gasteiger partial charge in [0.1, 0.15) is 0 Å². The first-order valence-corrected chi connectivity index (χ1v) is 10.5. The third kappa shape index (κ3) is 4.84. The molecule has 8 heteroatoms. The monoisotopic (exact) mass is 447 g/mol. The molecule has 140 valence electrons. The van der Waals surface area contributed by atoms with Crippen molar-refractivity contribution in [3.63, 3.8) is 0 Å². The number of anilines is 1. The van der Waals surface area contributed by atoms with Gasteiger partial charge in [-0.15, -0.1) is 0 Å². The van der Waals surface area contributed by atoms with Crippen molar-refractivity contribution in [1.29, 1.82) is 0 Å². The Morgan fingerprint density at radius 2 is 1.89 bits per heavy atom. The van der Waals surface area contributed by atoms with Crippen molar-refractivity contribution in [2.75, 3.05) is 11.3 Å². The Morgan fingerprint density at radius 1 is 1.15 bits per heavy atom. The molecule has 1 amide bonds. The Bertz CT molecular complexity index is 1080. The van der Waals surface area contributed by atoms with Crippen molar-refractivity contribution < 1.29 is 13.2 Å². The van der Waals surface area contributed by atoms with Crippen LogP contribution in [-0.2, 0) is 21.2 Å². The van der Waals surface area contributed by atoms with E-state index in [0.717, 1.165) is 20.9 Å². The van der Waals surface area contributed by atoms with Crippen LogP contribution in [0.4, 0.5) is 5.69 Å². The van der Waals surface area contributed by atoms with E-state index in [1.54, 1.807) is 30.3 Å². The Hall–Kier alpha value is -2.45. The van der Waals surface area contributed by atoms with E-state index in [1.807, 2.05) is 18.2 Å². The number of rotatable bonds is 6. The molecule has 0 unspecified atom stereocenters. The highest BCUT2D eigenvalue weighted by atomic mass is 79.9. The van der Waals surface area contributed by atoms with Crippen LogP contribution < -0.4 is 10.0 Å². The second-order valence-electron chi connectivity index (χ2n) is 6.02. The summed E-state index contributed by atoms with van der Waals surface area (Å²) in [7, 11) is -3.71. The van der Waals surface area contributed by atoms with Crippen LogP contribution >= 0.6 is 15.9 Å². The first-order valence-electron chi connectivity index (χ1n) is 8.26. The van der Waals surface area contributed by atoms with E-state index in [0.29, 0.717) is 18.7 Å². The SMILES string of the molecule is CC(=O)NCCc1ccc(S(=O)(=O)Nc2cnc3c(Br)cccc3c2)cc1. The van der Waals surface area contributed by atoms with E-state index in [-0.39, 0.29) is 10.8 Å². The molecule has 2 aromatic carbocycles. The maximum Gasteiger partial charge on any atom is 0.261 e. The summed E-state index contributed by atoms with van der Waals surface area (Å²) in [6.07, 6.45) is 2.13. The fourth-order valence-corrected chi connectivity index (χ4v) is 4.13. The highest BCUT2D eigenvalue weighted by molar-refractivity contribution is 9.10. The van der Waals surface area contributed by atoms with Gasteiger partial charge >= 0.3 is 0 Å². The number of hydrogen-bond acceptors (Lipinski definition) is 4. The number of sulfonamides is 1. The quantitative estimate of drug-likeness (QED) is 0.605. The average molecular weight is 448 g/mol. The number of para-hydroxylation sites is 1. The van der Waals surface area contributed by atoms with Gasteiger partial charge in [-0.2, -0.15) is 0 Å². The van der Waals surface area contributed by atoms with Crippen molar-refractivity contribution in [2.24, 2.45) is 0 Å². The van der Waals surface area contributed by atoms with Gasteiger partial charge in [0.25, 0.3) is 10.0 Å². The van der Waals surface area contributed by atoms with Crippen molar-refractivity contribution in [1.82, 2.24) is 10.3 Å². The Morgan fingerprint density at radius 3 is 2.59 bits per heavy atom. The zero-order valence-corrected chi connectivity index (χ0v) is 17.0. The Kier molecular flexibility index (Phi) is 5.76. The third-order valence-electron chi connectivity index (χ3n) is 3.94. The molecule has 6 nitrogen and oxygen atoms in total. The van der Waals surface area contributed by atoms with Crippen LogP contribution in [0.1, 0.15) is 12.5 Å². The minimum Gasteiger partial charge on any atom is -0.356 e. The molecule has 3 aromatic rings. The molecule has 0 aliphatic carbocycles. The van der Waals surface area contributed by atoms with Crippen LogP contribution in [-0.4, -0.2) is 25.9 Å². The number of pyridine rings is 1. The van der Waals surface area contributed by atoms with Gasteiger partial charge in [0, 0.05) is 23.3 Å². The van der Waals surface area contributed by atoms with Gasteiger partial charge in [-0.3, -0.25) is 14.5 Å². The molecule has 0 atom stereocenters. The van der Waals surface area contributed by atoms with Crippen molar-refractivity contribution in [3.05, 3.63) is 64.8 Å². The van der Waals surface area contributed by atoms with Gasteiger partial charge in [-0.1, -0.05) is 24.3 Å². The Balaban J connectivity index is 1.75. The third-order valence-corrected chi connectivity index (χ3v) is 5.97. The lowest BCUT2D eigenvalue weighted by atomic mass is 10.1. The molecule has 1 heterocycles. The van der Waals surface area contributed by atoms with Crippen LogP contribution in [0.2, 0.25) is 0 Å². The molecule has 0 fully saturated rings. The summed E-state index contributed by atoms with van der Waals surface area (Å²) in [6.45, 7) is 1.97. The number of nitrogens with zero attached hydrogens (tertiary/aromatic N) is 1. The number of nitrogens with one attached hydrogen (secondary N) is 2. The molecular formula is C19H18BrN3O3S. The molecule has 0 saturated heterocycles. The van der Waals surface area contributed by atoms with Crippen LogP contribution in [0, 0.1) is 0 Å².